The Morgan fingerprint density at radius 3 is 3.10 bits per heavy atom. The van der Waals surface area contributed by atoms with Crippen molar-refractivity contribution in [2.75, 3.05) is 24.6 Å². The molecule has 3 heterocycles. The zero-order valence-electron chi connectivity index (χ0n) is 12.1. The molecule has 0 bridgehead atoms. The summed E-state index contributed by atoms with van der Waals surface area (Å²) in [6.45, 7) is 6.88. The first-order chi connectivity index (χ1) is 9.81. The number of piperidine rings is 1. The summed E-state index contributed by atoms with van der Waals surface area (Å²) < 4.78 is 7.61. The van der Waals surface area contributed by atoms with E-state index >= 15 is 0 Å². The van der Waals surface area contributed by atoms with Gasteiger partial charge in [-0.05, 0) is 26.2 Å². The van der Waals surface area contributed by atoms with E-state index in [2.05, 4.69) is 39.9 Å². The lowest BCUT2D eigenvalue weighted by molar-refractivity contribution is 0.0524. The van der Waals surface area contributed by atoms with Gasteiger partial charge < -0.3 is 9.64 Å². The number of ether oxygens (including phenoxy) is 1. The highest BCUT2D eigenvalue weighted by molar-refractivity contribution is 5.47. The largest absolute Gasteiger partial charge is 0.377 e. The number of rotatable bonds is 4. The van der Waals surface area contributed by atoms with Gasteiger partial charge in [0.05, 0.1) is 6.10 Å². The van der Waals surface area contributed by atoms with Crippen LogP contribution < -0.4 is 4.90 Å². The van der Waals surface area contributed by atoms with Gasteiger partial charge in [0.25, 0.3) is 5.78 Å². The van der Waals surface area contributed by atoms with Gasteiger partial charge in [-0.1, -0.05) is 6.92 Å². The Balaban J connectivity index is 1.93. The topological polar surface area (TPSA) is 55.5 Å². The summed E-state index contributed by atoms with van der Waals surface area (Å²) >= 11 is 0. The monoisotopic (exact) mass is 275 g/mol. The third-order valence-electron chi connectivity index (χ3n) is 3.75. The summed E-state index contributed by atoms with van der Waals surface area (Å²) in [5.41, 5.74) is 1.05. The number of hydrogen-bond donors (Lipinski definition) is 0. The van der Waals surface area contributed by atoms with E-state index in [9.17, 15) is 0 Å². The first kappa shape index (κ1) is 13.3. The Morgan fingerprint density at radius 1 is 1.40 bits per heavy atom. The molecule has 6 nitrogen and oxygen atoms in total. The zero-order chi connectivity index (χ0) is 13.9. The van der Waals surface area contributed by atoms with Crippen LogP contribution in [-0.2, 0) is 11.2 Å². The molecule has 20 heavy (non-hydrogen) atoms. The van der Waals surface area contributed by atoms with Crippen LogP contribution in [0.1, 0.15) is 32.4 Å². The van der Waals surface area contributed by atoms with Crippen molar-refractivity contribution in [2.24, 2.45) is 0 Å². The van der Waals surface area contributed by atoms with E-state index in [4.69, 9.17) is 4.74 Å². The van der Waals surface area contributed by atoms with Crippen molar-refractivity contribution in [1.82, 2.24) is 19.6 Å². The van der Waals surface area contributed by atoms with E-state index in [1.54, 1.807) is 6.33 Å². The Morgan fingerprint density at radius 2 is 2.30 bits per heavy atom. The van der Waals surface area contributed by atoms with Crippen LogP contribution in [0.15, 0.2) is 12.4 Å². The lowest BCUT2D eigenvalue weighted by Gasteiger charge is -2.34. The Hall–Kier alpha value is -1.69. The van der Waals surface area contributed by atoms with Crippen molar-refractivity contribution in [3.05, 3.63) is 18.1 Å². The highest BCUT2D eigenvalue weighted by Gasteiger charge is 2.23. The smallest absolute Gasteiger partial charge is 0.254 e. The van der Waals surface area contributed by atoms with E-state index in [0.29, 0.717) is 11.9 Å². The molecule has 0 amide bonds. The van der Waals surface area contributed by atoms with Gasteiger partial charge in [0.2, 0.25) is 0 Å². The first-order valence-electron chi connectivity index (χ1n) is 7.38. The first-order valence-corrected chi connectivity index (χ1v) is 7.38. The minimum Gasteiger partial charge on any atom is -0.377 e. The molecule has 1 fully saturated rings. The van der Waals surface area contributed by atoms with Crippen molar-refractivity contribution in [1.29, 1.82) is 0 Å². The molecule has 0 spiro atoms. The Bertz CT molecular complexity index is 580. The average Bonchev–Trinajstić information content (AvgIpc) is 2.95. The normalized spacial score (nSPS) is 19.7. The fourth-order valence-corrected chi connectivity index (χ4v) is 2.77. The molecule has 1 unspecified atom stereocenters. The Labute approximate surface area is 118 Å². The molecule has 0 aromatic carbocycles. The number of nitrogens with zero attached hydrogens (tertiary/aromatic N) is 5. The molecule has 1 atom stereocenters. The van der Waals surface area contributed by atoms with Gasteiger partial charge in [0, 0.05) is 31.5 Å². The molecule has 6 heteroatoms. The molecular formula is C14H21N5O. The summed E-state index contributed by atoms with van der Waals surface area (Å²) in [6, 6.07) is 2.12. The number of hydrogen-bond acceptors (Lipinski definition) is 5. The van der Waals surface area contributed by atoms with Crippen LogP contribution in [0.4, 0.5) is 5.82 Å². The number of aromatic nitrogens is 4. The number of anilines is 1. The lowest BCUT2D eigenvalue weighted by Crippen LogP contribution is -2.40. The predicted molar refractivity (Wildman–Crippen MR) is 77.0 cm³/mol. The zero-order valence-corrected chi connectivity index (χ0v) is 12.1. The third kappa shape index (κ3) is 2.47. The molecule has 2 aromatic rings. The molecule has 0 N–H and O–H groups in total. The minimum atomic E-state index is 0.311. The number of fused-ring (bicyclic) bond motifs is 1. The summed E-state index contributed by atoms with van der Waals surface area (Å²) in [5.74, 6) is 1.76. The van der Waals surface area contributed by atoms with Crippen molar-refractivity contribution >= 4 is 11.6 Å². The summed E-state index contributed by atoms with van der Waals surface area (Å²) in [4.78, 5) is 11.1. The maximum absolute atomic E-state index is 5.78. The quantitative estimate of drug-likeness (QED) is 0.850. The molecule has 108 valence electrons. The van der Waals surface area contributed by atoms with Crippen LogP contribution in [0.5, 0.6) is 0 Å². The fraction of sp³-hybridized carbons (Fsp3) is 0.643. The van der Waals surface area contributed by atoms with Gasteiger partial charge >= 0.3 is 0 Å². The van der Waals surface area contributed by atoms with E-state index in [-0.39, 0.29) is 0 Å². The summed E-state index contributed by atoms with van der Waals surface area (Å²) in [6.07, 6.45) is 5.06. The van der Waals surface area contributed by atoms with Gasteiger partial charge in [-0.25, -0.2) is 4.98 Å². The third-order valence-corrected chi connectivity index (χ3v) is 3.75. The maximum atomic E-state index is 5.78. The second-order valence-corrected chi connectivity index (χ2v) is 5.10. The minimum absolute atomic E-state index is 0.311. The average molecular weight is 275 g/mol. The fourth-order valence-electron chi connectivity index (χ4n) is 2.77. The molecule has 2 aromatic heterocycles. The predicted octanol–water partition coefficient (Wildman–Crippen LogP) is 1.69. The van der Waals surface area contributed by atoms with Crippen molar-refractivity contribution in [3.63, 3.8) is 0 Å². The van der Waals surface area contributed by atoms with E-state index in [1.165, 1.54) is 0 Å². The molecule has 1 aliphatic heterocycles. The summed E-state index contributed by atoms with van der Waals surface area (Å²) in [5, 5.41) is 4.30. The number of aryl methyl sites for hydroxylation is 1. The maximum Gasteiger partial charge on any atom is 0.254 e. The van der Waals surface area contributed by atoms with E-state index in [0.717, 1.165) is 50.5 Å². The summed E-state index contributed by atoms with van der Waals surface area (Å²) in [7, 11) is 0. The molecule has 1 saturated heterocycles. The molecule has 0 aliphatic carbocycles. The van der Waals surface area contributed by atoms with Gasteiger partial charge in [0.1, 0.15) is 12.1 Å². The van der Waals surface area contributed by atoms with Crippen molar-refractivity contribution < 1.29 is 4.74 Å². The standard InChI is InChI=1S/C14H21N5O/c1-3-11-8-13(19-14(17-11)15-10-16-19)18-7-5-6-12(9-18)20-4-2/h8,10,12H,3-7,9H2,1-2H3. The second-order valence-electron chi connectivity index (χ2n) is 5.10. The van der Waals surface area contributed by atoms with Crippen LogP contribution in [0.3, 0.4) is 0 Å². The van der Waals surface area contributed by atoms with Gasteiger partial charge in [-0.3, -0.25) is 0 Å². The van der Waals surface area contributed by atoms with Crippen LogP contribution in [0.25, 0.3) is 5.78 Å². The highest BCUT2D eigenvalue weighted by atomic mass is 16.5. The van der Waals surface area contributed by atoms with Gasteiger partial charge in [0.15, 0.2) is 0 Å². The second kappa shape index (κ2) is 5.75. The molecule has 3 rings (SSSR count). The van der Waals surface area contributed by atoms with Crippen LogP contribution in [-0.4, -0.2) is 45.4 Å². The Kier molecular flexibility index (Phi) is 3.82. The van der Waals surface area contributed by atoms with Gasteiger partial charge in [-0.15, -0.1) is 0 Å². The van der Waals surface area contributed by atoms with Crippen LogP contribution in [0, 0.1) is 0 Å². The lowest BCUT2D eigenvalue weighted by atomic mass is 10.1. The van der Waals surface area contributed by atoms with Crippen molar-refractivity contribution in [2.45, 2.75) is 39.2 Å². The van der Waals surface area contributed by atoms with Crippen LogP contribution in [0.2, 0.25) is 0 Å². The van der Waals surface area contributed by atoms with E-state index in [1.807, 2.05) is 4.52 Å². The SMILES string of the molecule is CCOC1CCCN(c2cc(CC)nc3ncnn23)C1. The van der Waals surface area contributed by atoms with Crippen molar-refractivity contribution in [3.8, 4) is 0 Å². The molecule has 0 saturated carbocycles. The molecular weight excluding hydrogens is 254 g/mol. The molecule has 1 aliphatic rings. The highest BCUT2D eigenvalue weighted by Crippen LogP contribution is 2.22. The van der Waals surface area contributed by atoms with E-state index < -0.39 is 0 Å². The van der Waals surface area contributed by atoms with Gasteiger partial charge in [-0.2, -0.15) is 14.6 Å². The molecule has 0 radical (unpaired) electrons. The van der Waals surface area contributed by atoms with Crippen LogP contribution >= 0.6 is 0 Å².